The van der Waals surface area contributed by atoms with Crippen LogP contribution in [0.4, 0.5) is 5.69 Å². The fourth-order valence-electron chi connectivity index (χ4n) is 5.21. The number of allylic oxidation sites excluding steroid dienone is 1. The van der Waals surface area contributed by atoms with Crippen LogP contribution in [0, 0.1) is 22.0 Å². The zero-order valence-electron chi connectivity index (χ0n) is 20.6. The molecule has 1 aliphatic heterocycles. The zero-order valence-corrected chi connectivity index (χ0v) is 22.1. The number of rotatable bonds is 5. The predicted molar refractivity (Wildman–Crippen MR) is 152 cm³/mol. The number of fused-ring (bicyclic) bond motifs is 1. The van der Waals surface area contributed by atoms with Crippen molar-refractivity contribution in [2.45, 2.75) is 25.8 Å². The lowest BCUT2D eigenvalue weighted by molar-refractivity contribution is -0.384. The largest absolute Gasteiger partial charge is 0.270 e. The fourth-order valence-corrected chi connectivity index (χ4v) is 5.46. The molecular weight excluding hydrogens is 521 g/mol. The minimum absolute atomic E-state index is 0.0219. The molecule has 1 aliphatic carbocycles. The maximum Gasteiger partial charge on any atom is 0.270 e. The molecule has 0 aromatic heterocycles. The molecule has 3 aromatic rings. The number of nitro groups is 1. The van der Waals surface area contributed by atoms with E-state index in [4.69, 9.17) is 28.3 Å². The number of hydrazone groups is 1. The Balaban J connectivity index is 1.52. The lowest BCUT2D eigenvalue weighted by atomic mass is 9.73. The van der Waals surface area contributed by atoms with Gasteiger partial charge in [0.15, 0.2) is 0 Å². The molecule has 2 aliphatic rings. The van der Waals surface area contributed by atoms with Gasteiger partial charge >= 0.3 is 0 Å². The molecule has 0 saturated heterocycles. The van der Waals surface area contributed by atoms with Gasteiger partial charge in [0, 0.05) is 34.2 Å². The van der Waals surface area contributed by atoms with Crippen LogP contribution in [0.2, 0.25) is 10.0 Å². The second kappa shape index (κ2) is 10.9. The first-order valence-corrected chi connectivity index (χ1v) is 13.1. The number of hydrogen-bond donors (Lipinski definition) is 0. The van der Waals surface area contributed by atoms with Gasteiger partial charge in [-0.2, -0.15) is 5.10 Å². The third-order valence-electron chi connectivity index (χ3n) is 6.91. The first-order chi connectivity index (χ1) is 18.3. The van der Waals surface area contributed by atoms with Gasteiger partial charge in [-0.25, -0.2) is 5.01 Å². The average molecular weight is 546 g/mol. The summed E-state index contributed by atoms with van der Waals surface area (Å²) in [7, 11) is 0. The van der Waals surface area contributed by atoms with Crippen LogP contribution >= 0.6 is 23.2 Å². The van der Waals surface area contributed by atoms with Gasteiger partial charge in [-0.15, -0.1) is 0 Å². The van der Waals surface area contributed by atoms with Crippen molar-refractivity contribution in [3.8, 4) is 0 Å². The Kier molecular flexibility index (Phi) is 7.45. The molecular formula is C30H25Cl2N3O3. The van der Waals surface area contributed by atoms with Crippen LogP contribution in [0.1, 0.15) is 42.5 Å². The van der Waals surface area contributed by atoms with Crippen LogP contribution in [-0.4, -0.2) is 21.6 Å². The zero-order chi connectivity index (χ0) is 26.8. The van der Waals surface area contributed by atoms with Crippen LogP contribution < -0.4 is 0 Å². The molecule has 8 heteroatoms. The van der Waals surface area contributed by atoms with Crippen LogP contribution in [0.5, 0.6) is 0 Å². The van der Waals surface area contributed by atoms with Gasteiger partial charge in [0.2, 0.25) is 0 Å². The fraction of sp³-hybridized carbons (Fsp3) is 0.200. The van der Waals surface area contributed by atoms with Crippen molar-refractivity contribution in [1.82, 2.24) is 5.01 Å². The lowest BCUT2D eigenvalue weighted by Crippen LogP contribution is -2.32. The van der Waals surface area contributed by atoms with Crippen molar-refractivity contribution in [3.63, 3.8) is 0 Å². The maximum absolute atomic E-state index is 13.6. The van der Waals surface area contributed by atoms with Crippen LogP contribution in [0.25, 0.3) is 12.2 Å². The molecule has 3 atom stereocenters. The summed E-state index contributed by atoms with van der Waals surface area (Å²) in [4.78, 5) is 24.2. The second-order valence-corrected chi connectivity index (χ2v) is 10.6. The molecule has 0 spiro atoms. The summed E-state index contributed by atoms with van der Waals surface area (Å²) in [6.07, 6.45) is 6.89. The Morgan fingerprint density at radius 1 is 1.03 bits per heavy atom. The van der Waals surface area contributed by atoms with E-state index in [0.29, 0.717) is 21.5 Å². The quantitative estimate of drug-likeness (QED) is 0.185. The molecule has 6 nitrogen and oxygen atoms in total. The molecule has 1 fully saturated rings. The first kappa shape index (κ1) is 25.9. The Hall–Kier alpha value is -3.74. The Labute approximate surface area is 231 Å². The summed E-state index contributed by atoms with van der Waals surface area (Å²) in [5.41, 5.74) is 4.53. The third-order valence-corrected chi connectivity index (χ3v) is 7.42. The molecule has 3 unspecified atom stereocenters. The normalized spacial score (nSPS) is 22.0. The van der Waals surface area contributed by atoms with Crippen LogP contribution in [-0.2, 0) is 4.79 Å². The minimum atomic E-state index is -0.456. The van der Waals surface area contributed by atoms with Crippen LogP contribution in [0.3, 0.4) is 0 Å². The summed E-state index contributed by atoms with van der Waals surface area (Å²) in [6, 6.07) is 21.1. The molecule has 1 amide bonds. The van der Waals surface area contributed by atoms with Gasteiger partial charge in [-0.05, 0) is 77.4 Å². The monoisotopic (exact) mass is 545 g/mol. The molecule has 3 aromatic carbocycles. The van der Waals surface area contributed by atoms with E-state index in [2.05, 4.69) is 13.0 Å². The molecule has 1 saturated carbocycles. The Morgan fingerprint density at radius 3 is 2.39 bits per heavy atom. The standard InChI is InChI=1S/C30H25Cl2N3O3/c1-19-15-23(17-21-5-10-24(31)11-6-21)29-27(16-19)30(22-8-12-25(32)13-9-22)34(33-29)28(36)14-7-20-3-2-4-26(18-20)35(37)38/h2-14,17-19,27,30H,15-16H2,1H3. The summed E-state index contributed by atoms with van der Waals surface area (Å²) in [5.74, 6) is 0.133. The first-order valence-electron chi connectivity index (χ1n) is 12.3. The second-order valence-electron chi connectivity index (χ2n) is 9.72. The molecule has 5 rings (SSSR count). The van der Waals surface area contributed by atoms with Gasteiger partial charge in [0.05, 0.1) is 16.7 Å². The minimum Gasteiger partial charge on any atom is -0.268 e. The van der Waals surface area contributed by atoms with E-state index in [0.717, 1.165) is 35.3 Å². The molecule has 0 bridgehead atoms. The lowest BCUT2D eigenvalue weighted by Gasteiger charge is -2.32. The number of amides is 1. The predicted octanol–water partition coefficient (Wildman–Crippen LogP) is 7.98. The summed E-state index contributed by atoms with van der Waals surface area (Å²) in [5, 5.41) is 18.9. The molecule has 38 heavy (non-hydrogen) atoms. The van der Waals surface area contributed by atoms with E-state index < -0.39 is 4.92 Å². The number of halogens is 2. The van der Waals surface area contributed by atoms with Gasteiger partial charge in [-0.1, -0.05) is 66.5 Å². The highest BCUT2D eigenvalue weighted by Crippen LogP contribution is 2.46. The van der Waals surface area contributed by atoms with Gasteiger partial charge < -0.3 is 0 Å². The number of carbonyl (C=O) groups is 1. The van der Waals surface area contributed by atoms with Crippen molar-refractivity contribution < 1.29 is 9.72 Å². The van der Waals surface area contributed by atoms with Crippen LogP contribution in [0.15, 0.2) is 89.5 Å². The Morgan fingerprint density at radius 2 is 1.71 bits per heavy atom. The number of hydrogen-bond acceptors (Lipinski definition) is 4. The van der Waals surface area contributed by atoms with Crippen molar-refractivity contribution >= 4 is 52.7 Å². The van der Waals surface area contributed by atoms with Crippen molar-refractivity contribution in [3.05, 3.63) is 121 Å². The highest BCUT2D eigenvalue weighted by atomic mass is 35.5. The highest BCUT2D eigenvalue weighted by Gasteiger charge is 2.44. The average Bonchev–Trinajstić information content (AvgIpc) is 3.29. The smallest absolute Gasteiger partial charge is 0.268 e. The Bertz CT molecular complexity index is 1460. The van der Waals surface area contributed by atoms with E-state index in [-0.39, 0.29) is 23.6 Å². The maximum atomic E-state index is 13.6. The van der Waals surface area contributed by atoms with Gasteiger partial charge in [0.1, 0.15) is 0 Å². The van der Waals surface area contributed by atoms with Crippen molar-refractivity contribution in [1.29, 1.82) is 0 Å². The molecule has 0 N–H and O–H groups in total. The van der Waals surface area contributed by atoms with E-state index in [1.165, 1.54) is 18.2 Å². The number of carbonyl (C=O) groups excluding carboxylic acids is 1. The van der Waals surface area contributed by atoms with E-state index in [9.17, 15) is 14.9 Å². The number of nitro benzene ring substituents is 1. The number of nitrogens with zero attached hydrogens (tertiary/aromatic N) is 3. The van der Waals surface area contributed by atoms with Gasteiger partial charge in [-0.3, -0.25) is 14.9 Å². The summed E-state index contributed by atoms with van der Waals surface area (Å²) >= 11 is 12.2. The number of benzene rings is 3. The molecule has 192 valence electrons. The topological polar surface area (TPSA) is 75.8 Å². The highest BCUT2D eigenvalue weighted by molar-refractivity contribution is 6.30. The summed E-state index contributed by atoms with van der Waals surface area (Å²) in [6.45, 7) is 2.22. The summed E-state index contributed by atoms with van der Waals surface area (Å²) < 4.78 is 0. The van der Waals surface area contributed by atoms with Gasteiger partial charge in [0.25, 0.3) is 11.6 Å². The SMILES string of the molecule is CC1CC(=Cc2ccc(Cl)cc2)C2=NN(C(=O)C=Cc3cccc([N+](=O)[O-])c3)C(c3ccc(Cl)cc3)C2C1. The number of non-ortho nitro benzene ring substituents is 1. The molecule has 0 radical (unpaired) electrons. The van der Waals surface area contributed by atoms with Crippen molar-refractivity contribution in [2.75, 3.05) is 0 Å². The van der Waals surface area contributed by atoms with Crippen molar-refractivity contribution in [2.24, 2.45) is 16.9 Å². The van der Waals surface area contributed by atoms with E-state index in [1.807, 2.05) is 48.5 Å². The van der Waals surface area contributed by atoms with E-state index in [1.54, 1.807) is 23.2 Å². The third kappa shape index (κ3) is 5.57. The molecule has 1 heterocycles. The van der Waals surface area contributed by atoms with E-state index >= 15 is 0 Å².